The summed E-state index contributed by atoms with van der Waals surface area (Å²) in [6.07, 6.45) is 0. The number of nitrogens with one attached hydrogen (secondary N) is 1. The molecule has 1 unspecified atom stereocenters. The van der Waals surface area contributed by atoms with Crippen LogP contribution in [0, 0.1) is 0 Å². The molecule has 0 saturated carbocycles. The fourth-order valence-corrected chi connectivity index (χ4v) is 2.20. The molecule has 2 aromatic carbocycles. The van der Waals surface area contributed by atoms with Gasteiger partial charge >= 0.3 is 0 Å². The SMILES string of the molecule is O=C(NCc1ccccc1)c1ccccc1S(=O)[O-]. The van der Waals surface area contributed by atoms with E-state index in [1.54, 1.807) is 12.1 Å². The second-order valence-electron chi connectivity index (χ2n) is 3.90. The van der Waals surface area contributed by atoms with E-state index in [0.717, 1.165) is 5.56 Å². The lowest BCUT2D eigenvalue weighted by molar-refractivity contribution is 0.0947. The van der Waals surface area contributed by atoms with Crippen LogP contribution in [0.2, 0.25) is 0 Å². The third-order valence-corrected chi connectivity index (χ3v) is 3.32. The molecule has 0 spiro atoms. The average molecular weight is 274 g/mol. The Morgan fingerprint density at radius 1 is 1.05 bits per heavy atom. The third kappa shape index (κ3) is 3.49. The van der Waals surface area contributed by atoms with Crippen LogP contribution in [0.25, 0.3) is 0 Å². The summed E-state index contributed by atoms with van der Waals surface area (Å²) < 4.78 is 22.0. The summed E-state index contributed by atoms with van der Waals surface area (Å²) in [7, 11) is 0. The van der Waals surface area contributed by atoms with E-state index in [9.17, 15) is 13.6 Å². The molecule has 2 aromatic rings. The van der Waals surface area contributed by atoms with Crippen LogP contribution in [0.4, 0.5) is 0 Å². The van der Waals surface area contributed by atoms with E-state index in [0.29, 0.717) is 6.54 Å². The summed E-state index contributed by atoms with van der Waals surface area (Å²) >= 11 is -2.42. The second kappa shape index (κ2) is 6.26. The largest absolute Gasteiger partial charge is 0.768 e. The molecule has 0 heterocycles. The van der Waals surface area contributed by atoms with Crippen molar-refractivity contribution < 1.29 is 13.6 Å². The lowest BCUT2D eigenvalue weighted by atomic mass is 10.2. The molecule has 0 aliphatic carbocycles. The van der Waals surface area contributed by atoms with Crippen molar-refractivity contribution >= 4 is 17.0 Å². The highest BCUT2D eigenvalue weighted by Gasteiger charge is 2.10. The highest BCUT2D eigenvalue weighted by atomic mass is 32.2. The average Bonchev–Trinajstić information content (AvgIpc) is 2.46. The minimum absolute atomic E-state index is 0.00746. The number of carbonyl (C=O) groups is 1. The summed E-state index contributed by atoms with van der Waals surface area (Å²) in [5, 5.41) is 2.70. The van der Waals surface area contributed by atoms with Gasteiger partial charge in [-0.05, 0) is 28.8 Å². The number of carbonyl (C=O) groups excluding carboxylic acids is 1. The molecule has 1 atom stereocenters. The van der Waals surface area contributed by atoms with E-state index in [4.69, 9.17) is 0 Å². The fraction of sp³-hybridized carbons (Fsp3) is 0.0714. The van der Waals surface area contributed by atoms with Gasteiger partial charge in [-0.2, -0.15) is 0 Å². The van der Waals surface area contributed by atoms with Crippen LogP contribution in [0.3, 0.4) is 0 Å². The van der Waals surface area contributed by atoms with E-state index in [1.807, 2.05) is 30.3 Å². The zero-order valence-corrected chi connectivity index (χ0v) is 10.9. The van der Waals surface area contributed by atoms with Crippen LogP contribution in [-0.2, 0) is 17.6 Å². The van der Waals surface area contributed by atoms with Gasteiger partial charge in [-0.1, -0.05) is 42.5 Å². The van der Waals surface area contributed by atoms with Crippen molar-refractivity contribution in [3.8, 4) is 0 Å². The molecule has 2 rings (SSSR count). The molecular weight excluding hydrogens is 262 g/mol. The molecule has 1 amide bonds. The Labute approximate surface area is 113 Å². The maximum absolute atomic E-state index is 12.0. The van der Waals surface area contributed by atoms with Gasteiger partial charge in [0.1, 0.15) is 0 Å². The van der Waals surface area contributed by atoms with Crippen LogP contribution in [0.15, 0.2) is 59.5 Å². The Bertz CT molecular complexity index is 599. The smallest absolute Gasteiger partial charge is 0.252 e. The Balaban J connectivity index is 2.10. The molecular formula is C14H12NO3S-. The maximum Gasteiger partial charge on any atom is 0.252 e. The summed E-state index contributed by atoms with van der Waals surface area (Å²) in [5.74, 6) is -0.399. The van der Waals surface area contributed by atoms with Crippen LogP contribution in [0.1, 0.15) is 15.9 Å². The molecule has 4 nitrogen and oxygen atoms in total. The van der Waals surface area contributed by atoms with Gasteiger partial charge in [-0.3, -0.25) is 9.00 Å². The molecule has 0 aliphatic heterocycles. The van der Waals surface area contributed by atoms with E-state index in [2.05, 4.69) is 5.32 Å². The quantitative estimate of drug-likeness (QED) is 0.865. The zero-order chi connectivity index (χ0) is 13.7. The van der Waals surface area contributed by atoms with E-state index < -0.39 is 17.0 Å². The van der Waals surface area contributed by atoms with Gasteiger partial charge in [0, 0.05) is 11.4 Å². The molecule has 0 saturated heterocycles. The molecule has 1 N–H and O–H groups in total. The Hall–Kier alpha value is -1.98. The van der Waals surface area contributed by atoms with Crippen molar-refractivity contribution in [1.82, 2.24) is 5.32 Å². The minimum Gasteiger partial charge on any atom is -0.768 e. The van der Waals surface area contributed by atoms with Gasteiger partial charge < -0.3 is 9.87 Å². The molecule has 0 radical (unpaired) electrons. The maximum atomic E-state index is 12.0. The lowest BCUT2D eigenvalue weighted by Gasteiger charge is -2.11. The summed E-state index contributed by atoms with van der Waals surface area (Å²) in [4.78, 5) is 12.0. The van der Waals surface area contributed by atoms with Crippen molar-refractivity contribution in [2.24, 2.45) is 0 Å². The lowest BCUT2D eigenvalue weighted by Crippen LogP contribution is -2.24. The monoisotopic (exact) mass is 274 g/mol. The van der Waals surface area contributed by atoms with E-state index in [1.165, 1.54) is 12.1 Å². The highest BCUT2D eigenvalue weighted by Crippen LogP contribution is 2.12. The molecule has 0 bridgehead atoms. The minimum atomic E-state index is -2.42. The van der Waals surface area contributed by atoms with Crippen molar-refractivity contribution in [2.75, 3.05) is 0 Å². The molecule has 0 aliphatic rings. The second-order valence-corrected chi connectivity index (χ2v) is 4.81. The fourth-order valence-electron chi connectivity index (χ4n) is 1.67. The van der Waals surface area contributed by atoms with Crippen LogP contribution >= 0.6 is 0 Å². The Morgan fingerprint density at radius 2 is 1.68 bits per heavy atom. The van der Waals surface area contributed by atoms with Crippen LogP contribution in [-0.4, -0.2) is 14.7 Å². The van der Waals surface area contributed by atoms with Gasteiger partial charge in [-0.25, -0.2) is 0 Å². The topological polar surface area (TPSA) is 69.2 Å². The van der Waals surface area contributed by atoms with Crippen molar-refractivity contribution in [3.63, 3.8) is 0 Å². The standard InChI is InChI=1S/C14H13NO3S/c16-14(15-10-11-6-2-1-3-7-11)12-8-4-5-9-13(12)19(17)18/h1-9H,10H2,(H,15,16)(H,17,18)/p-1. The van der Waals surface area contributed by atoms with Crippen molar-refractivity contribution in [1.29, 1.82) is 0 Å². The van der Waals surface area contributed by atoms with Gasteiger partial charge in [0.15, 0.2) is 0 Å². The number of amides is 1. The van der Waals surface area contributed by atoms with Crippen molar-refractivity contribution in [3.05, 3.63) is 65.7 Å². The van der Waals surface area contributed by atoms with E-state index in [-0.39, 0.29) is 10.5 Å². The first-order valence-electron chi connectivity index (χ1n) is 5.69. The van der Waals surface area contributed by atoms with Gasteiger partial charge in [0.2, 0.25) is 0 Å². The predicted octanol–water partition coefficient (Wildman–Crippen LogP) is 1.85. The first kappa shape index (κ1) is 13.5. The Kier molecular flexibility index (Phi) is 4.43. The zero-order valence-electron chi connectivity index (χ0n) is 10.0. The number of rotatable bonds is 4. The molecule has 0 aromatic heterocycles. The normalized spacial score (nSPS) is 11.8. The van der Waals surface area contributed by atoms with Gasteiger partial charge in [0.05, 0.1) is 5.56 Å². The molecule has 5 heteroatoms. The van der Waals surface area contributed by atoms with Gasteiger partial charge in [0.25, 0.3) is 5.91 Å². The van der Waals surface area contributed by atoms with Crippen LogP contribution < -0.4 is 5.32 Å². The number of benzene rings is 2. The van der Waals surface area contributed by atoms with Crippen LogP contribution in [0.5, 0.6) is 0 Å². The predicted molar refractivity (Wildman–Crippen MR) is 71.2 cm³/mol. The summed E-state index contributed by atoms with van der Waals surface area (Å²) in [6, 6.07) is 15.5. The molecule has 98 valence electrons. The summed E-state index contributed by atoms with van der Waals surface area (Å²) in [6.45, 7) is 0.361. The number of hydrogen-bond donors (Lipinski definition) is 1. The van der Waals surface area contributed by atoms with E-state index >= 15 is 0 Å². The molecule has 0 fully saturated rings. The highest BCUT2D eigenvalue weighted by molar-refractivity contribution is 7.79. The Morgan fingerprint density at radius 3 is 2.37 bits per heavy atom. The van der Waals surface area contributed by atoms with Gasteiger partial charge in [-0.15, -0.1) is 0 Å². The number of hydrogen-bond acceptors (Lipinski definition) is 3. The van der Waals surface area contributed by atoms with Crippen molar-refractivity contribution in [2.45, 2.75) is 11.4 Å². The third-order valence-electron chi connectivity index (χ3n) is 2.61. The summed E-state index contributed by atoms with van der Waals surface area (Å²) in [5.41, 5.74) is 1.11. The first-order chi connectivity index (χ1) is 9.18. The molecule has 19 heavy (non-hydrogen) atoms. The first-order valence-corrected chi connectivity index (χ1v) is 6.76.